The van der Waals surface area contributed by atoms with Gasteiger partial charge in [0.25, 0.3) is 11.5 Å². The number of aromatic nitrogens is 2. The van der Waals surface area contributed by atoms with Crippen LogP contribution in [0.4, 0.5) is 0 Å². The Morgan fingerprint density at radius 2 is 1.96 bits per heavy atom. The lowest BCUT2D eigenvalue weighted by Gasteiger charge is -2.29. The molecule has 1 aliphatic rings. The van der Waals surface area contributed by atoms with Crippen LogP contribution in [0.15, 0.2) is 29.1 Å². The predicted molar refractivity (Wildman–Crippen MR) is 94.2 cm³/mol. The topological polar surface area (TPSA) is 78.1 Å². The minimum atomic E-state index is -0.277. The van der Waals surface area contributed by atoms with E-state index in [9.17, 15) is 9.59 Å². The molecule has 0 aliphatic carbocycles. The van der Waals surface area contributed by atoms with E-state index in [1.165, 1.54) is 19.3 Å². The number of hydrogen-bond donors (Lipinski definition) is 2. The number of aromatic amines is 1. The highest BCUT2D eigenvalue weighted by atomic mass is 16.2. The number of piperidine rings is 1. The van der Waals surface area contributed by atoms with E-state index in [0.717, 1.165) is 19.6 Å². The summed E-state index contributed by atoms with van der Waals surface area (Å²) >= 11 is 0. The van der Waals surface area contributed by atoms with Crippen LogP contribution in [0.1, 0.15) is 36.7 Å². The summed E-state index contributed by atoms with van der Waals surface area (Å²) in [5.41, 5.74) is -0.00371. The van der Waals surface area contributed by atoms with Crippen LogP contribution < -0.4 is 10.9 Å². The van der Waals surface area contributed by atoms with Gasteiger partial charge in [0, 0.05) is 18.5 Å². The molecular formula is C18H24N4O2. The summed E-state index contributed by atoms with van der Waals surface area (Å²) in [6.07, 6.45) is 3.87. The summed E-state index contributed by atoms with van der Waals surface area (Å²) in [7, 11) is 0. The van der Waals surface area contributed by atoms with Crippen molar-refractivity contribution < 1.29 is 4.79 Å². The lowest BCUT2D eigenvalue weighted by Crippen LogP contribution is -2.38. The molecule has 2 aromatic rings. The number of nitrogens with one attached hydrogen (secondary N) is 2. The Labute approximate surface area is 141 Å². The fraction of sp³-hybridized carbons (Fsp3) is 0.500. The molecule has 1 aliphatic heterocycles. The van der Waals surface area contributed by atoms with Crippen LogP contribution in [-0.2, 0) is 0 Å². The van der Waals surface area contributed by atoms with Gasteiger partial charge < -0.3 is 10.2 Å². The first-order valence-corrected chi connectivity index (χ1v) is 8.63. The monoisotopic (exact) mass is 328 g/mol. The lowest BCUT2D eigenvalue weighted by atomic mass is 10.1. The zero-order valence-corrected chi connectivity index (χ0v) is 14.0. The van der Waals surface area contributed by atoms with Crippen molar-refractivity contribution in [2.24, 2.45) is 5.92 Å². The summed E-state index contributed by atoms with van der Waals surface area (Å²) < 4.78 is 0. The van der Waals surface area contributed by atoms with E-state index < -0.39 is 0 Å². The Morgan fingerprint density at radius 3 is 2.71 bits per heavy atom. The van der Waals surface area contributed by atoms with Gasteiger partial charge in [0.2, 0.25) is 0 Å². The summed E-state index contributed by atoms with van der Waals surface area (Å²) in [6.45, 7) is 6.06. The maximum absolute atomic E-state index is 12.5. The third-order valence-electron chi connectivity index (χ3n) is 4.54. The first kappa shape index (κ1) is 16.6. The molecule has 1 unspecified atom stereocenters. The second-order valence-electron chi connectivity index (χ2n) is 6.62. The zero-order valence-electron chi connectivity index (χ0n) is 14.0. The predicted octanol–water partition coefficient (Wildman–Crippen LogP) is 1.77. The number of likely N-dealkylation sites (tertiary alicyclic amines) is 1. The molecule has 1 saturated heterocycles. The van der Waals surface area contributed by atoms with Crippen LogP contribution in [0.2, 0.25) is 0 Å². The number of benzene rings is 1. The highest BCUT2D eigenvalue weighted by Gasteiger charge is 2.17. The molecular weight excluding hydrogens is 304 g/mol. The molecule has 0 bridgehead atoms. The molecule has 0 saturated carbocycles. The number of hydrogen-bond acceptors (Lipinski definition) is 4. The van der Waals surface area contributed by atoms with Gasteiger partial charge >= 0.3 is 0 Å². The Hall–Kier alpha value is -2.21. The maximum atomic E-state index is 12.5. The number of carbonyl (C=O) groups is 1. The number of nitrogens with zero attached hydrogens (tertiary/aromatic N) is 2. The Kier molecular flexibility index (Phi) is 5.25. The largest absolute Gasteiger partial charge is 0.350 e. The number of carbonyl (C=O) groups excluding carboxylic acids is 1. The van der Waals surface area contributed by atoms with Crippen molar-refractivity contribution in [3.05, 3.63) is 40.3 Å². The van der Waals surface area contributed by atoms with E-state index in [4.69, 9.17) is 0 Å². The number of H-pyrrole nitrogens is 1. The molecule has 1 atom stereocenters. The van der Waals surface area contributed by atoms with Gasteiger partial charge in [0.15, 0.2) is 5.69 Å². The van der Waals surface area contributed by atoms with Crippen LogP contribution in [0.5, 0.6) is 0 Å². The smallest absolute Gasteiger partial charge is 0.272 e. The van der Waals surface area contributed by atoms with Crippen molar-refractivity contribution in [1.29, 1.82) is 0 Å². The zero-order chi connectivity index (χ0) is 16.9. The van der Waals surface area contributed by atoms with E-state index in [1.54, 1.807) is 24.3 Å². The van der Waals surface area contributed by atoms with Crippen molar-refractivity contribution in [2.75, 3.05) is 26.2 Å². The molecule has 1 amide bonds. The van der Waals surface area contributed by atoms with Gasteiger partial charge in [-0.15, -0.1) is 0 Å². The SMILES string of the molecule is CC(CNC(=O)c1n[nH]c(=O)c2ccccc12)CN1CCCCC1. The van der Waals surface area contributed by atoms with Crippen LogP contribution in [0.25, 0.3) is 10.8 Å². The van der Waals surface area contributed by atoms with E-state index in [0.29, 0.717) is 23.2 Å². The third-order valence-corrected chi connectivity index (χ3v) is 4.54. The number of fused-ring (bicyclic) bond motifs is 1. The fourth-order valence-electron chi connectivity index (χ4n) is 3.29. The molecule has 0 radical (unpaired) electrons. The van der Waals surface area contributed by atoms with Crippen LogP contribution in [0, 0.1) is 5.92 Å². The molecule has 1 aromatic heterocycles. The molecule has 1 fully saturated rings. The Morgan fingerprint density at radius 1 is 1.25 bits per heavy atom. The molecule has 6 heteroatoms. The molecule has 2 N–H and O–H groups in total. The first-order valence-electron chi connectivity index (χ1n) is 8.63. The van der Waals surface area contributed by atoms with E-state index in [1.807, 2.05) is 0 Å². The highest BCUT2D eigenvalue weighted by Crippen LogP contribution is 2.13. The highest BCUT2D eigenvalue weighted by molar-refractivity contribution is 6.04. The first-order chi connectivity index (χ1) is 11.6. The van der Waals surface area contributed by atoms with Crippen LogP contribution in [-0.4, -0.2) is 47.2 Å². The molecule has 24 heavy (non-hydrogen) atoms. The maximum Gasteiger partial charge on any atom is 0.272 e. The van der Waals surface area contributed by atoms with Crippen molar-refractivity contribution >= 4 is 16.7 Å². The average molecular weight is 328 g/mol. The molecule has 128 valence electrons. The second-order valence-corrected chi connectivity index (χ2v) is 6.62. The second kappa shape index (κ2) is 7.57. The number of rotatable bonds is 5. The Bertz CT molecular complexity index is 765. The van der Waals surface area contributed by atoms with Gasteiger partial charge in [-0.25, -0.2) is 5.10 Å². The van der Waals surface area contributed by atoms with Crippen molar-refractivity contribution in [3.63, 3.8) is 0 Å². The molecule has 0 spiro atoms. The molecule has 3 rings (SSSR count). The van der Waals surface area contributed by atoms with Gasteiger partial charge in [-0.3, -0.25) is 9.59 Å². The van der Waals surface area contributed by atoms with Crippen molar-refractivity contribution in [3.8, 4) is 0 Å². The molecule has 2 heterocycles. The van der Waals surface area contributed by atoms with Crippen LogP contribution in [0.3, 0.4) is 0 Å². The normalized spacial score (nSPS) is 16.9. The van der Waals surface area contributed by atoms with E-state index >= 15 is 0 Å². The summed E-state index contributed by atoms with van der Waals surface area (Å²) in [5, 5.41) is 10.4. The van der Waals surface area contributed by atoms with Gasteiger partial charge in [0.1, 0.15) is 0 Å². The number of amides is 1. The van der Waals surface area contributed by atoms with E-state index in [-0.39, 0.29) is 17.2 Å². The Balaban J connectivity index is 1.63. The average Bonchev–Trinajstić information content (AvgIpc) is 2.61. The van der Waals surface area contributed by atoms with Crippen molar-refractivity contribution in [1.82, 2.24) is 20.4 Å². The standard InChI is InChI=1S/C18H24N4O2/c1-13(12-22-9-5-2-6-10-22)11-19-18(24)16-14-7-3-4-8-15(14)17(23)21-20-16/h3-4,7-8,13H,2,5-6,9-12H2,1H3,(H,19,24)(H,21,23). The summed E-state index contributed by atoms with van der Waals surface area (Å²) in [6, 6.07) is 7.04. The minimum absolute atomic E-state index is 0.243. The quantitative estimate of drug-likeness (QED) is 0.877. The molecule has 6 nitrogen and oxygen atoms in total. The van der Waals surface area contributed by atoms with Crippen LogP contribution >= 0.6 is 0 Å². The van der Waals surface area contributed by atoms with Gasteiger partial charge in [-0.2, -0.15) is 5.10 Å². The lowest BCUT2D eigenvalue weighted by molar-refractivity contribution is 0.0938. The molecule has 1 aromatic carbocycles. The fourth-order valence-corrected chi connectivity index (χ4v) is 3.29. The minimum Gasteiger partial charge on any atom is -0.350 e. The van der Waals surface area contributed by atoms with E-state index in [2.05, 4.69) is 27.3 Å². The van der Waals surface area contributed by atoms with Gasteiger partial charge in [0.05, 0.1) is 5.39 Å². The summed E-state index contributed by atoms with van der Waals surface area (Å²) in [4.78, 5) is 26.7. The van der Waals surface area contributed by atoms with Gasteiger partial charge in [-0.05, 0) is 37.9 Å². The third kappa shape index (κ3) is 3.82. The van der Waals surface area contributed by atoms with Crippen molar-refractivity contribution in [2.45, 2.75) is 26.2 Å². The van der Waals surface area contributed by atoms with Gasteiger partial charge in [-0.1, -0.05) is 31.5 Å². The summed E-state index contributed by atoms with van der Waals surface area (Å²) in [5.74, 6) is 0.133.